The minimum Gasteiger partial charge on any atom is -0.333 e. The molecule has 3 rings (SSSR count). The molecule has 0 saturated heterocycles. The maximum atomic E-state index is 5.37. The average Bonchev–Trinajstić information content (AvgIpc) is 2.80. The van der Waals surface area contributed by atoms with Crippen LogP contribution >= 0.6 is 11.8 Å². The molecule has 2 aromatic heterocycles. The molecule has 0 aliphatic rings. The molecular formula is C12H12N6S. The molecule has 0 amide bonds. The molecule has 0 bridgehead atoms. The summed E-state index contributed by atoms with van der Waals surface area (Å²) < 4.78 is 0. The van der Waals surface area contributed by atoms with Crippen molar-refractivity contribution >= 4 is 28.6 Å². The number of nitrogen functional groups attached to an aromatic ring is 1. The normalized spacial score (nSPS) is 10.8. The molecule has 0 aliphatic carbocycles. The number of nitrogens with two attached hydrogens (primary N) is 1. The van der Waals surface area contributed by atoms with Gasteiger partial charge in [0.05, 0.1) is 11.0 Å². The Morgan fingerprint density at radius 3 is 2.84 bits per heavy atom. The molecule has 6 nitrogen and oxygen atoms in total. The first-order valence-electron chi connectivity index (χ1n) is 5.69. The van der Waals surface area contributed by atoms with Gasteiger partial charge in [-0.1, -0.05) is 12.1 Å². The number of para-hydroxylation sites is 2. The van der Waals surface area contributed by atoms with Crippen molar-refractivity contribution in [3.8, 4) is 0 Å². The van der Waals surface area contributed by atoms with Crippen molar-refractivity contribution in [1.29, 1.82) is 0 Å². The van der Waals surface area contributed by atoms with Crippen LogP contribution in [0.5, 0.6) is 0 Å². The Kier molecular flexibility index (Phi) is 3.06. The van der Waals surface area contributed by atoms with Crippen LogP contribution < -0.4 is 11.3 Å². The molecule has 0 radical (unpaired) electrons. The van der Waals surface area contributed by atoms with Crippen LogP contribution in [0.15, 0.2) is 40.5 Å². The average molecular weight is 272 g/mol. The summed E-state index contributed by atoms with van der Waals surface area (Å²) in [6.07, 6.45) is 0. The van der Waals surface area contributed by atoms with E-state index in [9.17, 15) is 0 Å². The number of imidazole rings is 1. The van der Waals surface area contributed by atoms with Crippen LogP contribution in [-0.4, -0.2) is 19.9 Å². The predicted octanol–water partition coefficient (Wildman–Crippen LogP) is 2.10. The van der Waals surface area contributed by atoms with Crippen LogP contribution in [0.1, 0.15) is 5.82 Å². The highest BCUT2D eigenvalue weighted by Crippen LogP contribution is 2.26. The Bertz CT molecular complexity index is 690. The van der Waals surface area contributed by atoms with Crippen LogP contribution in [-0.2, 0) is 0 Å². The summed E-state index contributed by atoms with van der Waals surface area (Å²) in [5, 5.41) is 1.58. The van der Waals surface area contributed by atoms with Gasteiger partial charge < -0.3 is 10.4 Å². The molecule has 2 heterocycles. The fraction of sp³-hybridized carbons (Fsp3) is 0.0833. The van der Waals surface area contributed by atoms with E-state index in [-0.39, 0.29) is 0 Å². The van der Waals surface area contributed by atoms with Crippen LogP contribution in [0.3, 0.4) is 0 Å². The molecule has 96 valence electrons. The number of nitrogens with zero attached hydrogens (tertiary/aromatic N) is 3. The van der Waals surface area contributed by atoms with Crippen molar-refractivity contribution in [1.82, 2.24) is 19.9 Å². The Labute approximate surface area is 113 Å². The topological polar surface area (TPSA) is 92.5 Å². The minimum absolute atomic E-state index is 0.589. The number of fused-ring (bicyclic) bond motifs is 1. The van der Waals surface area contributed by atoms with E-state index in [1.165, 1.54) is 11.8 Å². The van der Waals surface area contributed by atoms with Gasteiger partial charge in [-0.25, -0.2) is 20.8 Å². The fourth-order valence-corrected chi connectivity index (χ4v) is 2.59. The van der Waals surface area contributed by atoms with E-state index in [0.29, 0.717) is 11.6 Å². The standard InChI is InChI=1S/C12H12N6S/c1-7-14-10(18-13)6-11(15-7)19-12-16-8-4-2-3-5-9(8)17-12/h2-6H,13H2,1H3,(H,16,17)(H,14,15,18). The van der Waals surface area contributed by atoms with Gasteiger partial charge in [-0.3, -0.25) is 0 Å². The summed E-state index contributed by atoms with van der Waals surface area (Å²) in [7, 11) is 0. The monoisotopic (exact) mass is 272 g/mol. The molecule has 0 spiro atoms. The first-order valence-corrected chi connectivity index (χ1v) is 6.51. The number of H-pyrrole nitrogens is 1. The van der Waals surface area contributed by atoms with Gasteiger partial charge in [0.1, 0.15) is 16.7 Å². The SMILES string of the molecule is Cc1nc(NN)cc(Sc2nc3ccccc3[nH]2)n1. The van der Waals surface area contributed by atoms with E-state index in [1.807, 2.05) is 31.2 Å². The van der Waals surface area contributed by atoms with Crippen LogP contribution in [0.25, 0.3) is 11.0 Å². The van der Waals surface area contributed by atoms with Crippen molar-refractivity contribution in [3.63, 3.8) is 0 Å². The summed E-state index contributed by atoms with van der Waals surface area (Å²) in [5.74, 6) is 6.62. The van der Waals surface area contributed by atoms with Gasteiger partial charge >= 0.3 is 0 Å². The first-order chi connectivity index (χ1) is 9.24. The largest absolute Gasteiger partial charge is 0.333 e. The van der Waals surface area contributed by atoms with Crippen molar-refractivity contribution in [2.45, 2.75) is 17.1 Å². The number of hydrazine groups is 1. The second-order valence-corrected chi connectivity index (χ2v) is 4.95. The highest BCUT2D eigenvalue weighted by molar-refractivity contribution is 7.99. The lowest BCUT2D eigenvalue weighted by Crippen LogP contribution is -2.09. The lowest BCUT2D eigenvalue weighted by molar-refractivity contribution is 0.957. The first kappa shape index (κ1) is 11.9. The quantitative estimate of drug-likeness (QED) is 0.384. The van der Waals surface area contributed by atoms with Gasteiger partial charge in [0.2, 0.25) is 0 Å². The van der Waals surface area contributed by atoms with E-state index in [1.54, 1.807) is 6.07 Å². The molecule has 7 heteroatoms. The van der Waals surface area contributed by atoms with Crippen molar-refractivity contribution in [3.05, 3.63) is 36.2 Å². The molecule has 0 unspecified atom stereocenters. The number of aromatic nitrogens is 4. The van der Waals surface area contributed by atoms with E-state index in [2.05, 4.69) is 25.4 Å². The Hall–Kier alpha value is -2.12. The van der Waals surface area contributed by atoms with Gasteiger partial charge in [0, 0.05) is 6.07 Å². The molecular weight excluding hydrogens is 260 g/mol. The molecule has 4 N–H and O–H groups in total. The maximum Gasteiger partial charge on any atom is 0.172 e. The smallest absolute Gasteiger partial charge is 0.172 e. The number of nitrogens with one attached hydrogen (secondary N) is 2. The highest BCUT2D eigenvalue weighted by atomic mass is 32.2. The van der Waals surface area contributed by atoms with E-state index >= 15 is 0 Å². The summed E-state index contributed by atoms with van der Waals surface area (Å²) in [6, 6.07) is 9.67. The van der Waals surface area contributed by atoms with Gasteiger partial charge in [0.15, 0.2) is 5.16 Å². The second-order valence-electron chi connectivity index (χ2n) is 3.94. The summed E-state index contributed by atoms with van der Waals surface area (Å²) in [5.41, 5.74) is 4.47. The summed E-state index contributed by atoms with van der Waals surface area (Å²) in [6.45, 7) is 1.82. The molecule has 3 aromatic rings. The Morgan fingerprint density at radius 2 is 2.05 bits per heavy atom. The molecule has 19 heavy (non-hydrogen) atoms. The van der Waals surface area contributed by atoms with Crippen LogP contribution in [0.4, 0.5) is 5.82 Å². The summed E-state index contributed by atoms with van der Waals surface area (Å²) >= 11 is 1.44. The Balaban J connectivity index is 1.94. The van der Waals surface area contributed by atoms with Gasteiger partial charge in [-0.05, 0) is 30.8 Å². The summed E-state index contributed by atoms with van der Waals surface area (Å²) in [4.78, 5) is 16.2. The van der Waals surface area contributed by atoms with E-state index < -0.39 is 0 Å². The van der Waals surface area contributed by atoms with Gasteiger partial charge in [0.25, 0.3) is 0 Å². The zero-order valence-electron chi connectivity index (χ0n) is 10.2. The number of aryl methyl sites for hydroxylation is 1. The predicted molar refractivity (Wildman–Crippen MR) is 74.8 cm³/mol. The third kappa shape index (κ3) is 2.51. The number of rotatable bonds is 3. The second kappa shape index (κ2) is 4.87. The molecule has 0 atom stereocenters. The third-order valence-electron chi connectivity index (χ3n) is 2.53. The third-order valence-corrected chi connectivity index (χ3v) is 3.34. The number of hydrogen-bond donors (Lipinski definition) is 3. The lowest BCUT2D eigenvalue weighted by atomic mass is 10.3. The molecule has 0 aliphatic heterocycles. The zero-order valence-corrected chi connectivity index (χ0v) is 11.0. The fourth-order valence-electron chi connectivity index (χ4n) is 1.74. The number of anilines is 1. The van der Waals surface area contributed by atoms with E-state index in [4.69, 9.17) is 5.84 Å². The highest BCUT2D eigenvalue weighted by Gasteiger charge is 2.07. The van der Waals surface area contributed by atoms with E-state index in [0.717, 1.165) is 21.2 Å². The van der Waals surface area contributed by atoms with Crippen LogP contribution in [0, 0.1) is 6.92 Å². The van der Waals surface area contributed by atoms with Gasteiger partial charge in [-0.2, -0.15) is 0 Å². The maximum absolute atomic E-state index is 5.37. The molecule has 1 aromatic carbocycles. The number of hydrogen-bond acceptors (Lipinski definition) is 6. The zero-order chi connectivity index (χ0) is 13.2. The van der Waals surface area contributed by atoms with Crippen molar-refractivity contribution in [2.24, 2.45) is 5.84 Å². The van der Waals surface area contributed by atoms with Crippen molar-refractivity contribution in [2.75, 3.05) is 5.43 Å². The number of benzene rings is 1. The van der Waals surface area contributed by atoms with Crippen LogP contribution in [0.2, 0.25) is 0 Å². The van der Waals surface area contributed by atoms with Gasteiger partial charge in [-0.15, -0.1) is 0 Å². The molecule has 0 fully saturated rings. The molecule has 0 saturated carbocycles. The lowest BCUT2D eigenvalue weighted by Gasteiger charge is -2.03. The number of aromatic amines is 1. The minimum atomic E-state index is 0.589. The van der Waals surface area contributed by atoms with Crippen molar-refractivity contribution < 1.29 is 0 Å². The Morgan fingerprint density at radius 1 is 1.21 bits per heavy atom.